The zero-order valence-electron chi connectivity index (χ0n) is 15.3. The SMILES string of the molecule is COCCCN(C)C(=O)c1ccccc1NC(=O)c1ccc(OC)cc1. The third-order valence-electron chi connectivity index (χ3n) is 3.95. The fourth-order valence-electron chi connectivity index (χ4n) is 2.47. The van der Waals surface area contributed by atoms with E-state index in [4.69, 9.17) is 9.47 Å². The number of carbonyl (C=O) groups is 2. The molecule has 138 valence electrons. The van der Waals surface area contributed by atoms with Gasteiger partial charge < -0.3 is 19.7 Å². The highest BCUT2D eigenvalue weighted by molar-refractivity contribution is 6.09. The molecule has 0 radical (unpaired) electrons. The van der Waals surface area contributed by atoms with Gasteiger partial charge in [0.15, 0.2) is 0 Å². The van der Waals surface area contributed by atoms with Crippen LogP contribution in [0.5, 0.6) is 5.75 Å². The third kappa shape index (κ3) is 5.07. The Hall–Kier alpha value is -2.86. The zero-order chi connectivity index (χ0) is 18.9. The summed E-state index contributed by atoms with van der Waals surface area (Å²) in [6.07, 6.45) is 0.749. The van der Waals surface area contributed by atoms with E-state index in [9.17, 15) is 9.59 Å². The molecule has 6 nitrogen and oxygen atoms in total. The molecule has 0 heterocycles. The first kappa shape index (κ1) is 19.5. The van der Waals surface area contributed by atoms with Crippen molar-refractivity contribution < 1.29 is 19.1 Å². The van der Waals surface area contributed by atoms with E-state index < -0.39 is 0 Å². The lowest BCUT2D eigenvalue weighted by Crippen LogP contribution is -2.29. The van der Waals surface area contributed by atoms with Crippen LogP contribution in [0.15, 0.2) is 48.5 Å². The van der Waals surface area contributed by atoms with Crippen LogP contribution in [-0.2, 0) is 4.74 Å². The summed E-state index contributed by atoms with van der Waals surface area (Å²) in [6.45, 7) is 1.17. The van der Waals surface area contributed by atoms with E-state index in [1.54, 1.807) is 74.7 Å². The van der Waals surface area contributed by atoms with Gasteiger partial charge in [0.2, 0.25) is 0 Å². The van der Waals surface area contributed by atoms with Gasteiger partial charge in [-0.1, -0.05) is 12.1 Å². The molecule has 1 N–H and O–H groups in total. The van der Waals surface area contributed by atoms with E-state index in [1.165, 1.54) is 0 Å². The molecule has 0 fully saturated rings. The molecular formula is C20H24N2O4. The molecule has 0 aromatic heterocycles. The summed E-state index contributed by atoms with van der Waals surface area (Å²) in [4.78, 5) is 26.8. The summed E-state index contributed by atoms with van der Waals surface area (Å²) in [5.74, 6) is 0.247. The van der Waals surface area contributed by atoms with E-state index in [1.807, 2.05) is 0 Å². The van der Waals surface area contributed by atoms with E-state index in [0.717, 1.165) is 6.42 Å². The van der Waals surface area contributed by atoms with Crippen LogP contribution in [-0.4, -0.2) is 51.1 Å². The number of hydrogen-bond donors (Lipinski definition) is 1. The number of carbonyl (C=O) groups excluding carboxylic acids is 2. The summed E-state index contributed by atoms with van der Waals surface area (Å²) in [6, 6.07) is 13.8. The molecule has 2 rings (SSSR count). The van der Waals surface area contributed by atoms with Crippen molar-refractivity contribution in [1.82, 2.24) is 4.90 Å². The minimum Gasteiger partial charge on any atom is -0.497 e. The minimum absolute atomic E-state index is 0.147. The van der Waals surface area contributed by atoms with Crippen molar-refractivity contribution in [2.24, 2.45) is 0 Å². The van der Waals surface area contributed by atoms with Crippen LogP contribution in [0.25, 0.3) is 0 Å². The van der Waals surface area contributed by atoms with Gasteiger partial charge in [0, 0.05) is 32.9 Å². The first-order valence-electron chi connectivity index (χ1n) is 8.35. The Balaban J connectivity index is 2.12. The van der Waals surface area contributed by atoms with Gasteiger partial charge in [-0.05, 0) is 42.8 Å². The Morgan fingerprint density at radius 2 is 1.73 bits per heavy atom. The molecule has 2 amide bonds. The molecule has 0 aliphatic rings. The molecule has 0 bridgehead atoms. The molecule has 0 saturated carbocycles. The molecule has 6 heteroatoms. The average Bonchev–Trinajstić information content (AvgIpc) is 2.68. The Labute approximate surface area is 153 Å². The number of nitrogens with zero attached hydrogens (tertiary/aromatic N) is 1. The van der Waals surface area contributed by atoms with Crippen molar-refractivity contribution in [3.05, 3.63) is 59.7 Å². The number of amides is 2. The summed E-state index contributed by atoms with van der Waals surface area (Å²) in [7, 11) is 4.94. The third-order valence-corrected chi connectivity index (χ3v) is 3.95. The molecule has 26 heavy (non-hydrogen) atoms. The largest absolute Gasteiger partial charge is 0.497 e. The number of nitrogens with one attached hydrogen (secondary N) is 1. The number of ether oxygens (including phenoxy) is 2. The second kappa shape index (κ2) is 9.58. The van der Waals surface area contributed by atoms with E-state index >= 15 is 0 Å². The maximum absolute atomic E-state index is 12.7. The van der Waals surface area contributed by atoms with Gasteiger partial charge in [-0.15, -0.1) is 0 Å². The highest BCUT2D eigenvalue weighted by Gasteiger charge is 2.17. The van der Waals surface area contributed by atoms with E-state index in [-0.39, 0.29) is 11.8 Å². The lowest BCUT2D eigenvalue weighted by Gasteiger charge is -2.19. The molecule has 2 aromatic carbocycles. The Kier molecular flexibility index (Phi) is 7.17. The maximum atomic E-state index is 12.7. The quantitative estimate of drug-likeness (QED) is 0.738. The zero-order valence-corrected chi connectivity index (χ0v) is 15.3. The molecule has 0 atom stereocenters. The fraction of sp³-hybridized carbons (Fsp3) is 0.300. The Morgan fingerprint density at radius 3 is 2.38 bits per heavy atom. The number of hydrogen-bond acceptors (Lipinski definition) is 4. The van der Waals surface area contributed by atoms with Gasteiger partial charge in [0.1, 0.15) is 5.75 Å². The number of methoxy groups -OCH3 is 2. The number of anilines is 1. The van der Waals surface area contributed by atoms with Gasteiger partial charge in [0.25, 0.3) is 11.8 Å². The summed E-state index contributed by atoms with van der Waals surface area (Å²) < 4.78 is 10.1. The van der Waals surface area contributed by atoms with Crippen LogP contribution in [0.4, 0.5) is 5.69 Å². The van der Waals surface area contributed by atoms with Gasteiger partial charge >= 0.3 is 0 Å². The van der Waals surface area contributed by atoms with Crippen molar-refractivity contribution >= 4 is 17.5 Å². The summed E-state index contributed by atoms with van der Waals surface area (Å²) in [5.41, 5.74) is 1.42. The number of para-hydroxylation sites is 1. The molecule has 0 spiro atoms. The second-order valence-electron chi connectivity index (χ2n) is 5.80. The highest BCUT2D eigenvalue weighted by atomic mass is 16.5. The van der Waals surface area contributed by atoms with Crippen LogP contribution < -0.4 is 10.1 Å². The Bertz CT molecular complexity index is 744. The average molecular weight is 356 g/mol. The first-order valence-corrected chi connectivity index (χ1v) is 8.35. The predicted octanol–water partition coefficient (Wildman–Crippen LogP) is 3.06. The molecule has 0 aliphatic heterocycles. The predicted molar refractivity (Wildman–Crippen MR) is 101 cm³/mol. The van der Waals surface area contributed by atoms with Crippen molar-refractivity contribution in [3.8, 4) is 5.75 Å². The van der Waals surface area contributed by atoms with Crippen LogP contribution in [0.3, 0.4) is 0 Å². The minimum atomic E-state index is -0.282. The van der Waals surface area contributed by atoms with Crippen molar-refractivity contribution in [2.45, 2.75) is 6.42 Å². The van der Waals surface area contributed by atoms with Gasteiger partial charge in [-0.2, -0.15) is 0 Å². The lowest BCUT2D eigenvalue weighted by atomic mass is 10.1. The smallest absolute Gasteiger partial charge is 0.255 e. The fourth-order valence-corrected chi connectivity index (χ4v) is 2.47. The highest BCUT2D eigenvalue weighted by Crippen LogP contribution is 2.19. The van der Waals surface area contributed by atoms with Crippen molar-refractivity contribution in [1.29, 1.82) is 0 Å². The van der Waals surface area contributed by atoms with Gasteiger partial charge in [-0.25, -0.2) is 0 Å². The summed E-state index contributed by atoms with van der Waals surface area (Å²) in [5, 5.41) is 2.82. The maximum Gasteiger partial charge on any atom is 0.255 e. The Morgan fingerprint density at radius 1 is 1.04 bits per heavy atom. The first-order chi connectivity index (χ1) is 12.6. The molecule has 0 aliphatic carbocycles. The molecular weight excluding hydrogens is 332 g/mol. The lowest BCUT2D eigenvalue weighted by molar-refractivity contribution is 0.0780. The standard InChI is InChI=1S/C20H24N2O4/c1-22(13-6-14-25-2)20(24)17-7-4-5-8-18(17)21-19(23)15-9-11-16(26-3)12-10-15/h4-5,7-12H,6,13-14H2,1-3H3,(H,21,23). The van der Waals surface area contributed by atoms with E-state index in [2.05, 4.69) is 5.32 Å². The van der Waals surface area contributed by atoms with Crippen LogP contribution >= 0.6 is 0 Å². The second-order valence-corrected chi connectivity index (χ2v) is 5.80. The molecule has 2 aromatic rings. The normalized spacial score (nSPS) is 10.3. The van der Waals surface area contributed by atoms with Crippen LogP contribution in [0.1, 0.15) is 27.1 Å². The number of rotatable bonds is 8. The number of benzene rings is 2. The summed E-state index contributed by atoms with van der Waals surface area (Å²) >= 11 is 0. The molecule has 0 saturated heterocycles. The van der Waals surface area contributed by atoms with E-state index in [0.29, 0.717) is 35.7 Å². The van der Waals surface area contributed by atoms with Gasteiger partial charge in [-0.3, -0.25) is 9.59 Å². The van der Waals surface area contributed by atoms with Crippen LogP contribution in [0, 0.1) is 0 Å². The van der Waals surface area contributed by atoms with Crippen molar-refractivity contribution in [3.63, 3.8) is 0 Å². The van der Waals surface area contributed by atoms with Crippen LogP contribution in [0.2, 0.25) is 0 Å². The topological polar surface area (TPSA) is 67.9 Å². The monoisotopic (exact) mass is 356 g/mol. The van der Waals surface area contributed by atoms with Gasteiger partial charge in [0.05, 0.1) is 18.4 Å². The van der Waals surface area contributed by atoms with Crippen molar-refractivity contribution in [2.75, 3.05) is 39.7 Å². The molecule has 0 unspecified atom stereocenters.